The van der Waals surface area contributed by atoms with Gasteiger partial charge >= 0.3 is 5.97 Å². The van der Waals surface area contributed by atoms with Crippen molar-refractivity contribution in [1.82, 2.24) is 9.80 Å². The van der Waals surface area contributed by atoms with E-state index in [4.69, 9.17) is 4.74 Å². The number of esters is 1. The third-order valence-corrected chi connectivity index (χ3v) is 4.94. The van der Waals surface area contributed by atoms with Gasteiger partial charge in [0.15, 0.2) is 0 Å². The van der Waals surface area contributed by atoms with Crippen LogP contribution in [0.3, 0.4) is 0 Å². The van der Waals surface area contributed by atoms with Crippen molar-refractivity contribution in [3.8, 4) is 0 Å². The van der Waals surface area contributed by atoms with Gasteiger partial charge in [0.05, 0.1) is 19.1 Å². The summed E-state index contributed by atoms with van der Waals surface area (Å²) >= 11 is 0. The SMILES string of the molecule is CCOC(=O)CCN1CCN(C(c2ccccc2)c2ccccc2)CC1.Cl. The Morgan fingerprint density at radius 3 is 1.93 bits per heavy atom. The molecule has 0 unspecified atom stereocenters. The van der Waals surface area contributed by atoms with E-state index >= 15 is 0 Å². The molecule has 0 amide bonds. The van der Waals surface area contributed by atoms with E-state index in [9.17, 15) is 4.79 Å². The van der Waals surface area contributed by atoms with Crippen molar-refractivity contribution in [1.29, 1.82) is 0 Å². The molecule has 2 aromatic carbocycles. The molecule has 4 nitrogen and oxygen atoms in total. The monoisotopic (exact) mass is 388 g/mol. The first-order chi connectivity index (χ1) is 12.8. The second-order valence-electron chi connectivity index (χ2n) is 6.66. The van der Waals surface area contributed by atoms with E-state index in [1.165, 1.54) is 11.1 Å². The van der Waals surface area contributed by atoms with Crippen molar-refractivity contribution in [3.05, 3.63) is 71.8 Å². The maximum absolute atomic E-state index is 11.6. The van der Waals surface area contributed by atoms with Crippen molar-refractivity contribution in [2.24, 2.45) is 0 Å². The second-order valence-corrected chi connectivity index (χ2v) is 6.66. The second kappa shape index (κ2) is 11.1. The lowest BCUT2D eigenvalue weighted by Gasteiger charge is -2.39. The van der Waals surface area contributed by atoms with Gasteiger partial charge in [0.25, 0.3) is 0 Å². The molecule has 0 N–H and O–H groups in total. The molecule has 0 radical (unpaired) electrons. The molecule has 0 saturated carbocycles. The van der Waals surface area contributed by atoms with Crippen LogP contribution in [0, 0.1) is 0 Å². The predicted molar refractivity (Wildman–Crippen MR) is 111 cm³/mol. The molecule has 1 saturated heterocycles. The number of piperazine rings is 1. The van der Waals surface area contributed by atoms with Crippen LogP contribution in [-0.4, -0.2) is 55.1 Å². The lowest BCUT2D eigenvalue weighted by atomic mass is 9.96. The van der Waals surface area contributed by atoms with Gasteiger partial charge in [-0.05, 0) is 18.1 Å². The van der Waals surface area contributed by atoms with Gasteiger partial charge in [-0.2, -0.15) is 0 Å². The van der Waals surface area contributed by atoms with Gasteiger partial charge in [-0.3, -0.25) is 9.69 Å². The van der Waals surface area contributed by atoms with Gasteiger partial charge in [0.1, 0.15) is 0 Å². The molecule has 0 bridgehead atoms. The molecule has 0 aliphatic carbocycles. The number of halogens is 1. The molecule has 0 aromatic heterocycles. The van der Waals surface area contributed by atoms with E-state index in [0.29, 0.717) is 13.0 Å². The number of ether oxygens (including phenoxy) is 1. The summed E-state index contributed by atoms with van der Waals surface area (Å²) in [6.45, 7) is 7.06. The van der Waals surface area contributed by atoms with Crippen LogP contribution in [0.25, 0.3) is 0 Å². The van der Waals surface area contributed by atoms with E-state index in [-0.39, 0.29) is 24.4 Å². The molecule has 5 heteroatoms. The van der Waals surface area contributed by atoms with Gasteiger partial charge in [-0.15, -0.1) is 12.4 Å². The van der Waals surface area contributed by atoms with Crippen LogP contribution in [0.1, 0.15) is 30.5 Å². The molecule has 1 heterocycles. The highest BCUT2D eigenvalue weighted by Crippen LogP contribution is 2.29. The molecule has 1 aliphatic heterocycles. The third kappa shape index (κ3) is 6.06. The van der Waals surface area contributed by atoms with E-state index in [2.05, 4.69) is 70.5 Å². The number of carbonyl (C=O) groups is 1. The maximum atomic E-state index is 11.6. The molecule has 0 spiro atoms. The zero-order valence-corrected chi connectivity index (χ0v) is 16.7. The lowest BCUT2D eigenvalue weighted by Crippen LogP contribution is -2.48. The normalized spacial score (nSPS) is 15.3. The first-order valence-corrected chi connectivity index (χ1v) is 9.50. The number of nitrogens with zero attached hydrogens (tertiary/aromatic N) is 2. The summed E-state index contributed by atoms with van der Waals surface area (Å²) in [5, 5.41) is 0. The Morgan fingerprint density at radius 2 is 1.44 bits per heavy atom. The minimum Gasteiger partial charge on any atom is -0.466 e. The Kier molecular flexibility index (Phi) is 8.79. The quantitative estimate of drug-likeness (QED) is 0.676. The van der Waals surface area contributed by atoms with Gasteiger partial charge in [-0.25, -0.2) is 0 Å². The predicted octanol–water partition coefficient (Wildman–Crippen LogP) is 3.77. The van der Waals surface area contributed by atoms with Crippen molar-refractivity contribution in [2.75, 3.05) is 39.3 Å². The Bertz CT molecular complexity index is 634. The minimum atomic E-state index is -0.0959. The zero-order valence-electron chi connectivity index (χ0n) is 15.9. The summed E-state index contributed by atoms with van der Waals surface area (Å²) in [7, 11) is 0. The van der Waals surface area contributed by atoms with Gasteiger partial charge < -0.3 is 9.64 Å². The highest BCUT2D eigenvalue weighted by atomic mass is 35.5. The molecule has 146 valence electrons. The smallest absolute Gasteiger partial charge is 0.307 e. The average molecular weight is 389 g/mol. The summed E-state index contributed by atoms with van der Waals surface area (Å²) in [4.78, 5) is 16.5. The van der Waals surface area contributed by atoms with Crippen LogP contribution in [-0.2, 0) is 9.53 Å². The van der Waals surface area contributed by atoms with Crippen LogP contribution in [0.5, 0.6) is 0 Å². The van der Waals surface area contributed by atoms with Crippen LogP contribution >= 0.6 is 12.4 Å². The summed E-state index contributed by atoms with van der Waals surface area (Å²) in [6, 6.07) is 21.7. The highest BCUT2D eigenvalue weighted by molar-refractivity contribution is 5.85. The molecular formula is C22H29ClN2O2. The summed E-state index contributed by atoms with van der Waals surface area (Å²) in [6.07, 6.45) is 0.481. The van der Waals surface area contributed by atoms with Gasteiger partial charge in [0, 0.05) is 32.7 Å². The Balaban J connectivity index is 0.00000261. The fourth-order valence-corrected chi connectivity index (χ4v) is 3.61. The van der Waals surface area contributed by atoms with Crippen molar-refractivity contribution in [2.45, 2.75) is 19.4 Å². The molecule has 2 aromatic rings. The molecular weight excluding hydrogens is 360 g/mol. The molecule has 3 rings (SSSR count). The molecule has 27 heavy (non-hydrogen) atoms. The number of hydrogen-bond acceptors (Lipinski definition) is 4. The largest absolute Gasteiger partial charge is 0.466 e. The Morgan fingerprint density at radius 1 is 0.926 bits per heavy atom. The van der Waals surface area contributed by atoms with Crippen LogP contribution in [0.2, 0.25) is 0 Å². The van der Waals surface area contributed by atoms with Crippen molar-refractivity contribution in [3.63, 3.8) is 0 Å². The Labute approximate surface area is 168 Å². The molecule has 1 aliphatic rings. The standard InChI is InChI=1S/C22H28N2O2.ClH/c1-2-26-21(25)13-14-23-15-17-24(18-16-23)22(19-9-5-3-6-10-19)20-11-7-4-8-12-20;/h3-12,22H,2,13-18H2,1H3;1H. The Hall–Kier alpha value is -1.88. The number of hydrogen-bond donors (Lipinski definition) is 0. The van der Waals surface area contributed by atoms with E-state index < -0.39 is 0 Å². The van der Waals surface area contributed by atoms with Crippen LogP contribution in [0.4, 0.5) is 0 Å². The fourth-order valence-electron chi connectivity index (χ4n) is 3.61. The topological polar surface area (TPSA) is 32.8 Å². The van der Waals surface area contributed by atoms with Crippen molar-refractivity contribution >= 4 is 18.4 Å². The fraction of sp³-hybridized carbons (Fsp3) is 0.409. The number of carbonyl (C=O) groups excluding carboxylic acids is 1. The number of rotatable bonds is 7. The summed E-state index contributed by atoms with van der Waals surface area (Å²) in [5.41, 5.74) is 2.66. The summed E-state index contributed by atoms with van der Waals surface area (Å²) in [5.74, 6) is -0.0959. The molecule has 0 atom stereocenters. The minimum absolute atomic E-state index is 0. The van der Waals surface area contributed by atoms with Crippen LogP contribution < -0.4 is 0 Å². The third-order valence-electron chi connectivity index (χ3n) is 4.94. The number of benzene rings is 2. The lowest BCUT2D eigenvalue weighted by molar-refractivity contribution is -0.143. The van der Waals surface area contributed by atoms with E-state index in [1.54, 1.807) is 0 Å². The summed E-state index contributed by atoms with van der Waals surface area (Å²) < 4.78 is 5.03. The van der Waals surface area contributed by atoms with Gasteiger partial charge in [0.2, 0.25) is 0 Å². The maximum Gasteiger partial charge on any atom is 0.307 e. The van der Waals surface area contributed by atoms with E-state index in [0.717, 1.165) is 32.7 Å². The zero-order chi connectivity index (χ0) is 18.2. The molecule has 1 fully saturated rings. The van der Waals surface area contributed by atoms with Crippen molar-refractivity contribution < 1.29 is 9.53 Å². The highest BCUT2D eigenvalue weighted by Gasteiger charge is 2.26. The first-order valence-electron chi connectivity index (χ1n) is 9.50. The van der Waals surface area contributed by atoms with E-state index in [1.807, 2.05) is 6.92 Å². The van der Waals surface area contributed by atoms with Crippen LogP contribution in [0.15, 0.2) is 60.7 Å². The first kappa shape index (κ1) is 21.4. The average Bonchev–Trinajstić information content (AvgIpc) is 2.69. The van der Waals surface area contributed by atoms with Gasteiger partial charge in [-0.1, -0.05) is 60.7 Å².